The quantitative estimate of drug-likeness (QED) is 0.449. The summed E-state index contributed by atoms with van der Waals surface area (Å²) in [5.74, 6) is 1.06. The number of benzene rings is 2. The molecule has 0 aliphatic carbocycles. The second-order valence-electron chi connectivity index (χ2n) is 7.94. The van der Waals surface area contributed by atoms with Crippen molar-refractivity contribution in [2.45, 2.75) is 32.4 Å². The van der Waals surface area contributed by atoms with Crippen molar-refractivity contribution in [3.05, 3.63) is 58.9 Å². The molecule has 0 radical (unpaired) electrons. The fraction of sp³-hybridized carbons (Fsp3) is 0.375. The Labute approximate surface area is 187 Å². The van der Waals surface area contributed by atoms with Gasteiger partial charge in [0.05, 0.1) is 35.3 Å². The van der Waals surface area contributed by atoms with Crippen molar-refractivity contribution in [2.24, 2.45) is 0 Å². The number of carbonyl (C=O) groups is 2. The molecular formula is C24H29N5O3. The Morgan fingerprint density at radius 1 is 1.31 bits per heavy atom. The van der Waals surface area contributed by atoms with Crippen LogP contribution in [0.5, 0.6) is 5.75 Å². The third-order valence-corrected chi connectivity index (χ3v) is 5.90. The molecule has 3 N–H and O–H groups in total. The van der Waals surface area contributed by atoms with E-state index in [-0.39, 0.29) is 17.9 Å². The number of imidazole rings is 1. The summed E-state index contributed by atoms with van der Waals surface area (Å²) in [5.41, 5.74) is 3.48. The van der Waals surface area contributed by atoms with Crippen LogP contribution in [0.4, 0.5) is 0 Å². The Balaban J connectivity index is 1.62. The first-order valence-corrected chi connectivity index (χ1v) is 11.0. The predicted octanol–water partition coefficient (Wildman–Crippen LogP) is 3.02. The molecule has 0 spiro atoms. The van der Waals surface area contributed by atoms with Crippen LogP contribution in [0.25, 0.3) is 11.0 Å². The smallest absolute Gasteiger partial charge is 0.255 e. The Bertz CT molecular complexity index is 1140. The zero-order valence-corrected chi connectivity index (χ0v) is 18.7. The van der Waals surface area contributed by atoms with Gasteiger partial charge in [-0.2, -0.15) is 0 Å². The SMILES string of the molecule is CCN1Cc2cccc(C(=O)NC(CCCNC)c3nc4cc(OC)ccc4[nH]3)c2C1=O. The maximum atomic E-state index is 13.3. The Hall–Kier alpha value is -3.39. The minimum absolute atomic E-state index is 0.0872. The van der Waals surface area contributed by atoms with Crippen molar-refractivity contribution in [3.8, 4) is 5.75 Å². The van der Waals surface area contributed by atoms with E-state index in [0.29, 0.717) is 36.5 Å². The van der Waals surface area contributed by atoms with E-state index in [0.717, 1.165) is 35.3 Å². The molecule has 2 aromatic carbocycles. The van der Waals surface area contributed by atoms with Crippen LogP contribution in [0.1, 0.15) is 57.9 Å². The van der Waals surface area contributed by atoms with Gasteiger partial charge in [0.2, 0.25) is 0 Å². The number of ether oxygens (including phenoxy) is 1. The minimum atomic E-state index is -0.316. The Morgan fingerprint density at radius 2 is 2.16 bits per heavy atom. The summed E-state index contributed by atoms with van der Waals surface area (Å²) in [6, 6.07) is 10.8. The molecule has 0 saturated heterocycles. The molecule has 0 saturated carbocycles. The highest BCUT2D eigenvalue weighted by molar-refractivity contribution is 6.09. The summed E-state index contributed by atoms with van der Waals surface area (Å²) in [5, 5.41) is 6.26. The highest BCUT2D eigenvalue weighted by Gasteiger charge is 2.31. The minimum Gasteiger partial charge on any atom is -0.497 e. The van der Waals surface area contributed by atoms with Gasteiger partial charge in [-0.05, 0) is 57.1 Å². The molecule has 2 heterocycles. The van der Waals surface area contributed by atoms with E-state index >= 15 is 0 Å². The van der Waals surface area contributed by atoms with Crippen LogP contribution in [0.2, 0.25) is 0 Å². The first kappa shape index (κ1) is 21.8. The van der Waals surface area contributed by atoms with E-state index in [4.69, 9.17) is 9.72 Å². The van der Waals surface area contributed by atoms with Crippen LogP contribution in [-0.4, -0.2) is 53.9 Å². The van der Waals surface area contributed by atoms with E-state index in [2.05, 4.69) is 15.6 Å². The van der Waals surface area contributed by atoms with Gasteiger partial charge >= 0.3 is 0 Å². The molecule has 1 unspecified atom stereocenters. The van der Waals surface area contributed by atoms with Crippen molar-refractivity contribution in [1.29, 1.82) is 0 Å². The van der Waals surface area contributed by atoms with Gasteiger partial charge in [0.25, 0.3) is 11.8 Å². The molecule has 2 amide bonds. The number of nitrogens with zero attached hydrogens (tertiary/aromatic N) is 2. The van der Waals surface area contributed by atoms with Gasteiger partial charge in [0.1, 0.15) is 11.6 Å². The maximum absolute atomic E-state index is 13.3. The third-order valence-electron chi connectivity index (χ3n) is 5.90. The van der Waals surface area contributed by atoms with Gasteiger partial charge in [0.15, 0.2) is 0 Å². The fourth-order valence-corrected chi connectivity index (χ4v) is 4.16. The lowest BCUT2D eigenvalue weighted by molar-refractivity contribution is 0.0780. The third kappa shape index (κ3) is 4.18. The molecule has 1 aliphatic rings. The van der Waals surface area contributed by atoms with Crippen LogP contribution in [0.15, 0.2) is 36.4 Å². The second-order valence-corrected chi connectivity index (χ2v) is 7.94. The standard InChI is InChI=1S/C24H29N5O3/c1-4-29-14-15-7-5-8-17(21(15)24(29)31)23(30)28-19(9-6-12-25-2)22-26-18-11-10-16(32-3)13-20(18)27-22/h5,7-8,10-11,13,19,25H,4,6,9,12,14H2,1-3H3,(H,26,27)(H,28,30). The topological polar surface area (TPSA) is 99.3 Å². The van der Waals surface area contributed by atoms with E-state index in [1.165, 1.54) is 0 Å². The summed E-state index contributed by atoms with van der Waals surface area (Å²) < 4.78 is 5.30. The summed E-state index contributed by atoms with van der Waals surface area (Å²) in [4.78, 5) is 35.9. The van der Waals surface area contributed by atoms with Gasteiger partial charge in [-0.25, -0.2) is 4.98 Å². The number of rotatable bonds is 9. The molecule has 1 atom stereocenters. The van der Waals surface area contributed by atoms with Crippen LogP contribution < -0.4 is 15.4 Å². The van der Waals surface area contributed by atoms with Crippen LogP contribution in [0.3, 0.4) is 0 Å². The molecule has 3 aromatic rings. The number of nitrogens with one attached hydrogen (secondary N) is 3. The number of methoxy groups -OCH3 is 1. The van der Waals surface area contributed by atoms with Crippen molar-refractivity contribution in [2.75, 3.05) is 27.2 Å². The first-order valence-electron chi connectivity index (χ1n) is 11.0. The van der Waals surface area contributed by atoms with E-state index in [9.17, 15) is 9.59 Å². The highest BCUT2D eigenvalue weighted by Crippen LogP contribution is 2.27. The highest BCUT2D eigenvalue weighted by atomic mass is 16.5. The van der Waals surface area contributed by atoms with Crippen molar-refractivity contribution >= 4 is 22.8 Å². The summed E-state index contributed by atoms with van der Waals surface area (Å²) >= 11 is 0. The summed E-state index contributed by atoms with van der Waals surface area (Å²) in [7, 11) is 3.52. The lowest BCUT2D eigenvalue weighted by Gasteiger charge is -2.18. The van der Waals surface area contributed by atoms with Crippen LogP contribution in [0, 0.1) is 0 Å². The molecule has 8 nitrogen and oxygen atoms in total. The zero-order chi connectivity index (χ0) is 22.7. The van der Waals surface area contributed by atoms with Crippen molar-refractivity contribution in [1.82, 2.24) is 25.5 Å². The van der Waals surface area contributed by atoms with Crippen LogP contribution >= 0.6 is 0 Å². The van der Waals surface area contributed by atoms with E-state index in [1.807, 2.05) is 44.3 Å². The summed E-state index contributed by atoms with van der Waals surface area (Å²) in [6.45, 7) is 3.93. The molecule has 32 heavy (non-hydrogen) atoms. The number of aromatic nitrogens is 2. The van der Waals surface area contributed by atoms with E-state index in [1.54, 1.807) is 18.1 Å². The number of amides is 2. The largest absolute Gasteiger partial charge is 0.497 e. The molecule has 0 bridgehead atoms. The number of H-pyrrole nitrogens is 1. The van der Waals surface area contributed by atoms with Gasteiger partial charge in [-0.3, -0.25) is 9.59 Å². The number of hydrogen-bond donors (Lipinski definition) is 3. The maximum Gasteiger partial charge on any atom is 0.255 e. The molecule has 168 valence electrons. The molecule has 4 rings (SSSR count). The molecular weight excluding hydrogens is 406 g/mol. The summed E-state index contributed by atoms with van der Waals surface area (Å²) in [6.07, 6.45) is 1.56. The number of fused-ring (bicyclic) bond motifs is 2. The molecule has 1 aliphatic heterocycles. The second kappa shape index (κ2) is 9.40. The lowest BCUT2D eigenvalue weighted by atomic mass is 10.0. The predicted molar refractivity (Wildman–Crippen MR) is 123 cm³/mol. The lowest BCUT2D eigenvalue weighted by Crippen LogP contribution is -2.31. The van der Waals surface area contributed by atoms with Gasteiger partial charge in [0, 0.05) is 19.2 Å². The molecule has 0 fully saturated rings. The van der Waals surface area contributed by atoms with Gasteiger partial charge < -0.3 is 25.3 Å². The number of hydrogen-bond acceptors (Lipinski definition) is 5. The Kier molecular flexibility index (Phi) is 6.41. The molecule has 1 aromatic heterocycles. The van der Waals surface area contributed by atoms with Crippen molar-refractivity contribution < 1.29 is 14.3 Å². The van der Waals surface area contributed by atoms with Crippen LogP contribution in [-0.2, 0) is 6.54 Å². The first-order chi connectivity index (χ1) is 15.5. The Morgan fingerprint density at radius 3 is 2.91 bits per heavy atom. The average Bonchev–Trinajstić information content (AvgIpc) is 3.38. The van der Waals surface area contributed by atoms with Gasteiger partial charge in [-0.1, -0.05) is 12.1 Å². The zero-order valence-electron chi connectivity index (χ0n) is 18.7. The fourth-order valence-electron chi connectivity index (χ4n) is 4.16. The normalized spacial score (nSPS) is 14.0. The molecule has 8 heteroatoms. The average molecular weight is 436 g/mol. The monoisotopic (exact) mass is 435 g/mol. The van der Waals surface area contributed by atoms with E-state index < -0.39 is 0 Å². The number of aromatic amines is 1. The number of carbonyl (C=O) groups excluding carboxylic acids is 2. The van der Waals surface area contributed by atoms with Crippen molar-refractivity contribution in [3.63, 3.8) is 0 Å². The van der Waals surface area contributed by atoms with Gasteiger partial charge in [-0.15, -0.1) is 0 Å².